The summed E-state index contributed by atoms with van der Waals surface area (Å²) in [6, 6.07) is 8.89. The number of aliphatic hydroxyl groups excluding tert-OH is 2. The van der Waals surface area contributed by atoms with Gasteiger partial charge in [-0.3, -0.25) is 10.1 Å². The van der Waals surface area contributed by atoms with Crippen molar-refractivity contribution in [3.63, 3.8) is 0 Å². The first kappa shape index (κ1) is 15.2. The van der Waals surface area contributed by atoms with Gasteiger partial charge in [-0.25, -0.2) is 0 Å². The van der Waals surface area contributed by atoms with Gasteiger partial charge < -0.3 is 19.4 Å². The Morgan fingerprint density at radius 3 is 2.57 bits per heavy atom. The Hall–Kier alpha value is -2.22. The lowest BCUT2D eigenvalue weighted by atomic mass is 10.1. The molecule has 0 aliphatic heterocycles. The van der Waals surface area contributed by atoms with Crippen LogP contribution in [0.1, 0.15) is 23.2 Å². The van der Waals surface area contributed by atoms with Gasteiger partial charge in [0.15, 0.2) is 0 Å². The van der Waals surface area contributed by atoms with Crippen LogP contribution in [0.5, 0.6) is 0 Å². The molecule has 1 aromatic heterocycles. The van der Waals surface area contributed by atoms with Crippen molar-refractivity contribution >= 4 is 5.69 Å². The van der Waals surface area contributed by atoms with Crippen LogP contribution in [-0.4, -0.2) is 28.4 Å². The number of rotatable bonds is 7. The highest BCUT2D eigenvalue weighted by atomic mass is 16.6. The minimum Gasteiger partial charge on any atom is -0.460 e. The molecule has 0 aliphatic carbocycles. The molecule has 1 unspecified atom stereocenters. The standard InChI is InChI=1S/C14H15NO6/c16-7-8-20-9-12-5-6-13(21-12)14(17)10-1-3-11(4-2-10)15(18)19/h1-6,14,16-17H,7-9H2. The minimum absolute atomic E-state index is 0.0384. The predicted octanol–water partition coefficient (Wildman–Crippen LogP) is 1.78. The van der Waals surface area contributed by atoms with Crippen LogP contribution in [0.15, 0.2) is 40.8 Å². The Balaban J connectivity index is 2.05. The van der Waals surface area contributed by atoms with E-state index in [-0.39, 0.29) is 25.5 Å². The Morgan fingerprint density at radius 2 is 1.95 bits per heavy atom. The second kappa shape index (κ2) is 6.98. The van der Waals surface area contributed by atoms with E-state index in [4.69, 9.17) is 14.3 Å². The molecular formula is C14H15NO6. The smallest absolute Gasteiger partial charge is 0.269 e. The van der Waals surface area contributed by atoms with Crippen LogP contribution in [0.2, 0.25) is 0 Å². The van der Waals surface area contributed by atoms with E-state index in [1.165, 1.54) is 24.3 Å². The maximum absolute atomic E-state index is 10.6. The number of nitro groups is 1. The molecule has 0 saturated heterocycles. The lowest BCUT2D eigenvalue weighted by molar-refractivity contribution is -0.384. The number of aliphatic hydroxyl groups is 2. The highest BCUT2D eigenvalue weighted by Gasteiger charge is 2.16. The van der Waals surface area contributed by atoms with Gasteiger partial charge in [-0.2, -0.15) is 0 Å². The molecule has 1 atom stereocenters. The molecule has 0 bridgehead atoms. The van der Waals surface area contributed by atoms with Crippen LogP contribution >= 0.6 is 0 Å². The summed E-state index contributed by atoms with van der Waals surface area (Å²) >= 11 is 0. The average molecular weight is 293 g/mol. The molecule has 1 aromatic carbocycles. The molecule has 2 aromatic rings. The lowest BCUT2D eigenvalue weighted by Gasteiger charge is -2.07. The summed E-state index contributed by atoms with van der Waals surface area (Å²) < 4.78 is 10.5. The Morgan fingerprint density at radius 1 is 1.24 bits per heavy atom. The summed E-state index contributed by atoms with van der Waals surface area (Å²) in [6.07, 6.45) is -1.00. The Labute approximate surface area is 120 Å². The van der Waals surface area contributed by atoms with Crippen molar-refractivity contribution in [2.24, 2.45) is 0 Å². The van der Waals surface area contributed by atoms with E-state index < -0.39 is 11.0 Å². The molecule has 0 aliphatic rings. The SMILES string of the molecule is O=[N+]([O-])c1ccc(C(O)c2ccc(COCCO)o2)cc1. The minimum atomic E-state index is -1.00. The molecule has 7 heteroatoms. The van der Waals surface area contributed by atoms with Gasteiger partial charge in [-0.1, -0.05) is 0 Å². The van der Waals surface area contributed by atoms with Crippen molar-refractivity contribution in [2.75, 3.05) is 13.2 Å². The average Bonchev–Trinajstić information content (AvgIpc) is 2.96. The second-order valence-electron chi connectivity index (χ2n) is 4.33. The van der Waals surface area contributed by atoms with Crippen LogP contribution in [0, 0.1) is 10.1 Å². The zero-order chi connectivity index (χ0) is 15.2. The van der Waals surface area contributed by atoms with Crippen LogP contribution < -0.4 is 0 Å². The van der Waals surface area contributed by atoms with Gasteiger partial charge in [0.05, 0.1) is 18.1 Å². The van der Waals surface area contributed by atoms with E-state index in [1.807, 2.05) is 0 Å². The van der Waals surface area contributed by atoms with Gasteiger partial charge in [0, 0.05) is 12.1 Å². The van der Waals surface area contributed by atoms with E-state index in [0.717, 1.165) is 0 Å². The van der Waals surface area contributed by atoms with Crippen molar-refractivity contribution < 1.29 is 24.3 Å². The quantitative estimate of drug-likeness (QED) is 0.458. The van der Waals surface area contributed by atoms with Crippen molar-refractivity contribution in [1.82, 2.24) is 0 Å². The van der Waals surface area contributed by atoms with E-state index >= 15 is 0 Å². The summed E-state index contributed by atoms with van der Waals surface area (Å²) in [6.45, 7) is 0.341. The summed E-state index contributed by atoms with van der Waals surface area (Å²) in [5.74, 6) is 0.853. The summed E-state index contributed by atoms with van der Waals surface area (Å²) in [5.41, 5.74) is 0.460. The maximum atomic E-state index is 10.6. The third-order valence-corrected chi connectivity index (χ3v) is 2.85. The van der Waals surface area contributed by atoms with Gasteiger partial charge in [0.2, 0.25) is 0 Å². The topological polar surface area (TPSA) is 106 Å². The number of hydrogen-bond acceptors (Lipinski definition) is 6. The van der Waals surface area contributed by atoms with Crippen LogP contribution in [0.3, 0.4) is 0 Å². The summed E-state index contributed by atoms with van der Waals surface area (Å²) in [5, 5.41) is 29.3. The van der Waals surface area contributed by atoms with Gasteiger partial charge in [0.25, 0.3) is 5.69 Å². The van der Waals surface area contributed by atoms with Crippen LogP contribution in [-0.2, 0) is 11.3 Å². The van der Waals surface area contributed by atoms with Crippen molar-refractivity contribution in [2.45, 2.75) is 12.7 Å². The first-order valence-corrected chi connectivity index (χ1v) is 6.31. The van der Waals surface area contributed by atoms with E-state index in [1.54, 1.807) is 12.1 Å². The molecule has 7 nitrogen and oxygen atoms in total. The zero-order valence-electron chi connectivity index (χ0n) is 11.1. The first-order chi connectivity index (χ1) is 10.1. The monoisotopic (exact) mass is 293 g/mol. The molecule has 2 rings (SSSR count). The molecule has 2 N–H and O–H groups in total. The second-order valence-corrected chi connectivity index (χ2v) is 4.33. The number of benzene rings is 1. The van der Waals surface area contributed by atoms with Gasteiger partial charge >= 0.3 is 0 Å². The van der Waals surface area contributed by atoms with E-state index in [0.29, 0.717) is 17.1 Å². The number of ether oxygens (including phenoxy) is 1. The normalized spacial score (nSPS) is 12.3. The van der Waals surface area contributed by atoms with Crippen molar-refractivity contribution in [3.8, 4) is 0 Å². The highest BCUT2D eigenvalue weighted by molar-refractivity contribution is 5.35. The Bertz CT molecular complexity index is 592. The van der Waals surface area contributed by atoms with Crippen LogP contribution in [0.4, 0.5) is 5.69 Å². The third kappa shape index (κ3) is 3.88. The predicted molar refractivity (Wildman–Crippen MR) is 72.6 cm³/mol. The molecule has 1 heterocycles. The lowest BCUT2D eigenvalue weighted by Crippen LogP contribution is -1.99. The number of furan rings is 1. The first-order valence-electron chi connectivity index (χ1n) is 6.31. The molecule has 0 fully saturated rings. The summed E-state index contributed by atoms with van der Waals surface area (Å²) in [7, 11) is 0. The van der Waals surface area contributed by atoms with E-state index in [9.17, 15) is 15.2 Å². The van der Waals surface area contributed by atoms with Gasteiger partial charge in [-0.15, -0.1) is 0 Å². The maximum Gasteiger partial charge on any atom is 0.269 e. The number of non-ortho nitro benzene ring substituents is 1. The van der Waals surface area contributed by atoms with Gasteiger partial charge in [0.1, 0.15) is 24.2 Å². The molecule has 112 valence electrons. The summed E-state index contributed by atoms with van der Waals surface area (Å²) in [4.78, 5) is 10.1. The van der Waals surface area contributed by atoms with Gasteiger partial charge in [-0.05, 0) is 29.8 Å². The fourth-order valence-corrected chi connectivity index (χ4v) is 1.80. The molecule has 0 saturated carbocycles. The highest BCUT2D eigenvalue weighted by Crippen LogP contribution is 2.25. The molecule has 21 heavy (non-hydrogen) atoms. The Kier molecular flexibility index (Phi) is 5.04. The zero-order valence-corrected chi connectivity index (χ0v) is 11.1. The van der Waals surface area contributed by atoms with Crippen molar-refractivity contribution in [3.05, 3.63) is 63.6 Å². The number of hydrogen-bond donors (Lipinski definition) is 2. The van der Waals surface area contributed by atoms with Crippen molar-refractivity contribution in [1.29, 1.82) is 0 Å². The number of nitro benzene ring substituents is 1. The molecular weight excluding hydrogens is 278 g/mol. The fraction of sp³-hybridized carbons (Fsp3) is 0.286. The molecule has 0 radical (unpaired) electrons. The third-order valence-electron chi connectivity index (χ3n) is 2.85. The molecule has 0 amide bonds. The largest absolute Gasteiger partial charge is 0.460 e. The van der Waals surface area contributed by atoms with E-state index in [2.05, 4.69) is 0 Å². The number of nitrogens with zero attached hydrogens (tertiary/aromatic N) is 1. The van der Waals surface area contributed by atoms with Crippen LogP contribution in [0.25, 0.3) is 0 Å². The molecule has 0 spiro atoms. The fourth-order valence-electron chi connectivity index (χ4n) is 1.80.